The SMILES string of the molecule is CSc1nnc2c(n1)C[C@@H](c1ccccc1)Nc1ccccc1-2. The summed E-state index contributed by atoms with van der Waals surface area (Å²) >= 11 is 1.52. The highest BCUT2D eigenvalue weighted by Gasteiger charge is 2.24. The summed E-state index contributed by atoms with van der Waals surface area (Å²) in [6.07, 6.45) is 2.76. The van der Waals surface area contributed by atoms with E-state index >= 15 is 0 Å². The van der Waals surface area contributed by atoms with Crippen molar-refractivity contribution >= 4 is 17.4 Å². The number of benzene rings is 2. The van der Waals surface area contributed by atoms with Gasteiger partial charge in [-0.25, -0.2) is 4.98 Å². The van der Waals surface area contributed by atoms with Gasteiger partial charge in [0.25, 0.3) is 0 Å². The number of thioether (sulfide) groups is 1. The van der Waals surface area contributed by atoms with Gasteiger partial charge in [-0.2, -0.15) is 0 Å². The Labute approximate surface area is 139 Å². The van der Waals surface area contributed by atoms with Crippen LogP contribution in [0.2, 0.25) is 0 Å². The van der Waals surface area contributed by atoms with Crippen LogP contribution in [0.15, 0.2) is 59.8 Å². The molecule has 2 aromatic carbocycles. The molecule has 0 unspecified atom stereocenters. The maximum absolute atomic E-state index is 4.72. The Morgan fingerprint density at radius 2 is 1.78 bits per heavy atom. The predicted octanol–water partition coefficient (Wildman–Crippen LogP) is 3.97. The summed E-state index contributed by atoms with van der Waals surface area (Å²) in [5, 5.41) is 13.0. The van der Waals surface area contributed by atoms with E-state index in [1.807, 2.05) is 24.5 Å². The summed E-state index contributed by atoms with van der Waals surface area (Å²) in [5.41, 5.74) is 5.26. The lowest BCUT2D eigenvalue weighted by Crippen LogP contribution is -2.13. The minimum atomic E-state index is 0.171. The van der Waals surface area contributed by atoms with E-state index in [-0.39, 0.29) is 6.04 Å². The Hall–Kier alpha value is -2.40. The van der Waals surface area contributed by atoms with Crippen molar-refractivity contribution in [2.45, 2.75) is 17.6 Å². The Morgan fingerprint density at radius 3 is 2.61 bits per heavy atom. The number of hydrogen-bond donors (Lipinski definition) is 1. The number of nitrogens with zero attached hydrogens (tertiary/aromatic N) is 3. The molecule has 4 nitrogen and oxygen atoms in total. The minimum Gasteiger partial charge on any atom is -0.377 e. The van der Waals surface area contributed by atoms with Gasteiger partial charge in [-0.3, -0.25) is 0 Å². The molecule has 0 fully saturated rings. The molecule has 1 aliphatic heterocycles. The molecule has 4 rings (SSSR count). The molecule has 23 heavy (non-hydrogen) atoms. The van der Waals surface area contributed by atoms with E-state index in [9.17, 15) is 0 Å². The molecule has 1 aliphatic rings. The highest BCUT2D eigenvalue weighted by molar-refractivity contribution is 7.98. The fourth-order valence-electron chi connectivity index (χ4n) is 2.91. The zero-order valence-electron chi connectivity index (χ0n) is 12.7. The van der Waals surface area contributed by atoms with E-state index in [0.29, 0.717) is 0 Å². The lowest BCUT2D eigenvalue weighted by atomic mass is 10.0. The van der Waals surface area contributed by atoms with Crippen molar-refractivity contribution in [2.24, 2.45) is 0 Å². The van der Waals surface area contributed by atoms with E-state index in [1.54, 1.807) is 0 Å². The van der Waals surface area contributed by atoms with E-state index in [2.05, 4.69) is 51.9 Å². The van der Waals surface area contributed by atoms with Crippen LogP contribution in [-0.4, -0.2) is 21.4 Å². The van der Waals surface area contributed by atoms with Crippen LogP contribution in [-0.2, 0) is 6.42 Å². The number of para-hydroxylation sites is 1. The van der Waals surface area contributed by atoms with Gasteiger partial charge in [0.05, 0.1) is 11.7 Å². The van der Waals surface area contributed by atoms with Gasteiger partial charge in [0, 0.05) is 17.7 Å². The van der Waals surface area contributed by atoms with Crippen molar-refractivity contribution in [3.63, 3.8) is 0 Å². The average molecular weight is 320 g/mol. The van der Waals surface area contributed by atoms with Crippen molar-refractivity contribution in [1.82, 2.24) is 15.2 Å². The van der Waals surface area contributed by atoms with E-state index in [4.69, 9.17) is 4.98 Å². The van der Waals surface area contributed by atoms with E-state index in [1.165, 1.54) is 17.3 Å². The Kier molecular flexibility index (Phi) is 3.71. The molecule has 1 N–H and O–H groups in total. The van der Waals surface area contributed by atoms with Gasteiger partial charge in [0.15, 0.2) is 0 Å². The highest BCUT2D eigenvalue weighted by atomic mass is 32.2. The highest BCUT2D eigenvalue weighted by Crippen LogP contribution is 2.36. The lowest BCUT2D eigenvalue weighted by molar-refractivity contribution is 0.725. The molecular formula is C18H16N4S. The van der Waals surface area contributed by atoms with Crippen LogP contribution in [0, 0.1) is 0 Å². The van der Waals surface area contributed by atoms with Crippen LogP contribution in [0.25, 0.3) is 11.3 Å². The predicted molar refractivity (Wildman–Crippen MR) is 93.6 cm³/mol. The number of rotatable bonds is 2. The topological polar surface area (TPSA) is 50.7 Å². The van der Waals surface area contributed by atoms with E-state index < -0.39 is 0 Å². The smallest absolute Gasteiger partial charge is 0.209 e. The van der Waals surface area contributed by atoms with Gasteiger partial charge < -0.3 is 5.32 Å². The van der Waals surface area contributed by atoms with Crippen LogP contribution in [0.5, 0.6) is 0 Å². The fourth-order valence-corrected chi connectivity index (χ4v) is 3.24. The van der Waals surface area contributed by atoms with Gasteiger partial charge in [-0.15, -0.1) is 10.2 Å². The van der Waals surface area contributed by atoms with Gasteiger partial charge in [0.1, 0.15) is 5.69 Å². The van der Waals surface area contributed by atoms with Gasteiger partial charge in [-0.1, -0.05) is 60.3 Å². The maximum Gasteiger partial charge on any atom is 0.209 e. The summed E-state index contributed by atoms with van der Waals surface area (Å²) in [4.78, 5) is 4.72. The van der Waals surface area contributed by atoms with Crippen molar-refractivity contribution < 1.29 is 0 Å². The van der Waals surface area contributed by atoms with Crippen molar-refractivity contribution in [2.75, 3.05) is 11.6 Å². The van der Waals surface area contributed by atoms with Crippen LogP contribution >= 0.6 is 11.8 Å². The number of hydrogen-bond acceptors (Lipinski definition) is 5. The van der Waals surface area contributed by atoms with Gasteiger partial charge >= 0.3 is 0 Å². The standard InChI is InChI=1S/C18H16N4S/c1-23-18-20-16-11-15(12-7-3-2-4-8-12)19-14-10-6-5-9-13(14)17(16)21-22-18/h2-10,15,19H,11H2,1H3/t15-/m0/s1. The monoisotopic (exact) mass is 320 g/mol. The van der Waals surface area contributed by atoms with Crippen molar-refractivity contribution in [3.05, 3.63) is 65.9 Å². The van der Waals surface area contributed by atoms with Gasteiger partial charge in [-0.05, 0) is 17.9 Å². The molecule has 1 atom stereocenters. The second kappa shape index (κ2) is 6.01. The third-order valence-electron chi connectivity index (χ3n) is 4.03. The zero-order chi connectivity index (χ0) is 15.6. The van der Waals surface area contributed by atoms with Gasteiger partial charge in [0.2, 0.25) is 5.16 Å². The van der Waals surface area contributed by atoms with Crippen LogP contribution < -0.4 is 5.32 Å². The molecule has 0 bridgehead atoms. The summed E-state index contributed by atoms with van der Waals surface area (Å²) in [6.45, 7) is 0. The van der Waals surface area contributed by atoms with E-state index in [0.717, 1.165) is 34.2 Å². The number of aromatic nitrogens is 3. The molecule has 1 aromatic heterocycles. The molecule has 0 spiro atoms. The molecule has 0 saturated heterocycles. The van der Waals surface area contributed by atoms with Crippen LogP contribution in [0.1, 0.15) is 17.3 Å². The first-order valence-corrected chi connectivity index (χ1v) is 8.76. The quantitative estimate of drug-likeness (QED) is 0.724. The fraction of sp³-hybridized carbons (Fsp3) is 0.167. The van der Waals surface area contributed by atoms with Crippen molar-refractivity contribution in [1.29, 1.82) is 0 Å². The largest absolute Gasteiger partial charge is 0.377 e. The molecule has 3 aromatic rings. The summed E-state index contributed by atoms with van der Waals surface area (Å²) in [5.74, 6) is 0. The van der Waals surface area contributed by atoms with Crippen molar-refractivity contribution in [3.8, 4) is 11.3 Å². The summed E-state index contributed by atoms with van der Waals surface area (Å²) in [6, 6.07) is 18.9. The second-order valence-electron chi connectivity index (χ2n) is 5.45. The normalized spacial score (nSPS) is 16.0. The molecule has 0 radical (unpaired) electrons. The Morgan fingerprint density at radius 1 is 1.00 bits per heavy atom. The third-order valence-corrected chi connectivity index (χ3v) is 4.57. The summed E-state index contributed by atoms with van der Waals surface area (Å²) < 4.78 is 0. The molecular weight excluding hydrogens is 304 g/mol. The number of nitrogens with one attached hydrogen (secondary N) is 1. The molecule has 114 valence electrons. The third kappa shape index (κ3) is 2.68. The number of anilines is 1. The first-order chi connectivity index (χ1) is 11.3. The maximum atomic E-state index is 4.72. The average Bonchev–Trinajstić information content (AvgIpc) is 2.78. The molecule has 5 heteroatoms. The molecule has 0 saturated carbocycles. The number of fused-ring (bicyclic) bond motifs is 3. The molecule has 0 amide bonds. The Bertz CT molecular complexity index is 835. The first-order valence-electron chi connectivity index (χ1n) is 7.53. The molecule has 0 aliphatic carbocycles. The first kappa shape index (κ1) is 14.2. The second-order valence-corrected chi connectivity index (χ2v) is 6.22. The minimum absolute atomic E-state index is 0.171. The molecule has 2 heterocycles. The summed E-state index contributed by atoms with van der Waals surface area (Å²) in [7, 11) is 0. The van der Waals surface area contributed by atoms with Crippen LogP contribution in [0.3, 0.4) is 0 Å². The Balaban J connectivity index is 1.87. The van der Waals surface area contributed by atoms with Crippen LogP contribution in [0.4, 0.5) is 5.69 Å². The zero-order valence-corrected chi connectivity index (χ0v) is 13.5. The lowest BCUT2D eigenvalue weighted by Gasteiger charge is -2.18.